The van der Waals surface area contributed by atoms with E-state index in [0.29, 0.717) is 12.3 Å². The number of nitrogens with zero attached hydrogens (tertiary/aromatic N) is 1. The number of hydrogen-bond donors (Lipinski definition) is 2. The number of carbonyl (C=O) groups excluding carboxylic acids is 1. The third kappa shape index (κ3) is 5.40. The lowest BCUT2D eigenvalue weighted by Crippen LogP contribution is -2.42. The standard InChI is InChI=1S/C14H23N3OS.2ClH/c1-9-8-19-13(16-9)14(2,3)17-12(18)7-10-5-4-6-11(10)15;;/h8,10-11H,4-7,15H2,1-3H3,(H,17,18);2*1H/t10-,11+;;/m0../s1. The topological polar surface area (TPSA) is 68.0 Å². The fraction of sp³-hybridized carbons (Fsp3) is 0.714. The number of nitrogens with two attached hydrogens (primary N) is 1. The van der Waals surface area contributed by atoms with Crippen LogP contribution in [0, 0.1) is 12.8 Å². The zero-order chi connectivity index (χ0) is 14.0. The molecule has 4 nitrogen and oxygen atoms in total. The first-order chi connectivity index (χ1) is 8.88. The number of hydrogen-bond acceptors (Lipinski definition) is 4. The molecule has 1 aromatic heterocycles. The van der Waals surface area contributed by atoms with Gasteiger partial charge in [-0.1, -0.05) is 6.42 Å². The predicted molar refractivity (Wildman–Crippen MR) is 92.4 cm³/mol. The van der Waals surface area contributed by atoms with Crippen molar-refractivity contribution < 1.29 is 4.79 Å². The fourth-order valence-corrected chi connectivity index (χ4v) is 3.53. The largest absolute Gasteiger partial charge is 0.345 e. The summed E-state index contributed by atoms with van der Waals surface area (Å²) in [5, 5.41) is 6.05. The van der Waals surface area contributed by atoms with Crippen LogP contribution in [0.1, 0.15) is 50.2 Å². The molecule has 0 bridgehead atoms. The highest BCUT2D eigenvalue weighted by Crippen LogP contribution is 2.28. The lowest BCUT2D eigenvalue weighted by atomic mass is 9.98. The molecule has 1 aliphatic rings. The van der Waals surface area contributed by atoms with E-state index < -0.39 is 5.54 Å². The van der Waals surface area contributed by atoms with Crippen molar-refractivity contribution in [1.82, 2.24) is 10.3 Å². The highest BCUT2D eigenvalue weighted by Gasteiger charge is 2.30. The lowest BCUT2D eigenvalue weighted by Gasteiger charge is -2.25. The van der Waals surface area contributed by atoms with Gasteiger partial charge in [0.15, 0.2) is 0 Å². The van der Waals surface area contributed by atoms with E-state index in [9.17, 15) is 4.79 Å². The first-order valence-electron chi connectivity index (χ1n) is 6.87. The number of thiazole rings is 1. The zero-order valence-corrected chi connectivity index (χ0v) is 15.2. The average molecular weight is 354 g/mol. The monoisotopic (exact) mass is 353 g/mol. The van der Waals surface area contributed by atoms with Gasteiger partial charge in [0.05, 0.1) is 5.54 Å². The van der Waals surface area contributed by atoms with Crippen LogP contribution in [0.3, 0.4) is 0 Å². The zero-order valence-electron chi connectivity index (χ0n) is 12.7. The summed E-state index contributed by atoms with van der Waals surface area (Å²) in [4.78, 5) is 16.6. The van der Waals surface area contributed by atoms with Gasteiger partial charge < -0.3 is 11.1 Å². The smallest absolute Gasteiger partial charge is 0.221 e. The maximum Gasteiger partial charge on any atom is 0.221 e. The van der Waals surface area contributed by atoms with Crippen molar-refractivity contribution in [2.45, 2.75) is 58.0 Å². The van der Waals surface area contributed by atoms with Gasteiger partial charge in [0.25, 0.3) is 0 Å². The summed E-state index contributed by atoms with van der Waals surface area (Å²) < 4.78 is 0. The fourth-order valence-electron chi connectivity index (χ4n) is 2.65. The normalized spacial score (nSPS) is 21.3. The van der Waals surface area contributed by atoms with Crippen LogP contribution in [0.15, 0.2) is 5.38 Å². The summed E-state index contributed by atoms with van der Waals surface area (Å²) in [6, 6.07) is 0.191. The van der Waals surface area contributed by atoms with Gasteiger partial charge in [-0.2, -0.15) is 0 Å². The Morgan fingerprint density at radius 3 is 2.62 bits per heavy atom. The van der Waals surface area contributed by atoms with E-state index in [1.54, 1.807) is 11.3 Å². The molecule has 7 heteroatoms. The number of nitrogens with one attached hydrogen (secondary N) is 1. The number of rotatable bonds is 4. The van der Waals surface area contributed by atoms with Gasteiger partial charge in [-0.05, 0) is 39.5 Å². The Morgan fingerprint density at radius 1 is 1.48 bits per heavy atom. The van der Waals surface area contributed by atoms with Gasteiger partial charge in [-0.25, -0.2) is 4.98 Å². The van der Waals surface area contributed by atoms with E-state index in [1.165, 1.54) is 0 Å². The molecule has 1 saturated carbocycles. The summed E-state index contributed by atoms with van der Waals surface area (Å²) >= 11 is 1.59. The minimum atomic E-state index is -0.404. The van der Waals surface area contributed by atoms with Gasteiger partial charge in [0.1, 0.15) is 5.01 Å². The Morgan fingerprint density at radius 2 is 2.14 bits per heavy atom. The first kappa shape index (κ1) is 20.6. The van der Waals surface area contributed by atoms with Crippen molar-refractivity contribution in [1.29, 1.82) is 0 Å². The Bertz CT molecular complexity index is 465. The molecular formula is C14H25Cl2N3OS. The molecule has 0 aromatic carbocycles. The van der Waals surface area contributed by atoms with Gasteiger partial charge in [-0.15, -0.1) is 36.2 Å². The minimum absolute atomic E-state index is 0. The molecule has 1 amide bonds. The van der Waals surface area contributed by atoms with Crippen molar-refractivity contribution in [2.24, 2.45) is 11.7 Å². The number of aromatic nitrogens is 1. The van der Waals surface area contributed by atoms with Gasteiger partial charge in [0, 0.05) is 23.5 Å². The molecule has 21 heavy (non-hydrogen) atoms. The summed E-state index contributed by atoms with van der Waals surface area (Å²) in [6.07, 6.45) is 3.81. The van der Waals surface area contributed by atoms with E-state index in [1.807, 2.05) is 26.2 Å². The average Bonchev–Trinajstić information content (AvgIpc) is 2.88. The van der Waals surface area contributed by atoms with Crippen LogP contribution in [0.5, 0.6) is 0 Å². The van der Waals surface area contributed by atoms with Crippen molar-refractivity contribution in [3.63, 3.8) is 0 Å². The molecule has 0 saturated heterocycles. The number of aryl methyl sites for hydroxylation is 1. The van der Waals surface area contributed by atoms with E-state index in [-0.39, 0.29) is 36.8 Å². The lowest BCUT2D eigenvalue weighted by molar-refractivity contribution is -0.123. The highest BCUT2D eigenvalue weighted by atomic mass is 35.5. The molecule has 1 fully saturated rings. The third-order valence-corrected chi connectivity index (χ3v) is 5.05. The van der Waals surface area contributed by atoms with Crippen molar-refractivity contribution in [3.8, 4) is 0 Å². The van der Waals surface area contributed by atoms with Gasteiger partial charge in [-0.3, -0.25) is 4.79 Å². The van der Waals surface area contributed by atoms with Crippen molar-refractivity contribution >= 4 is 42.1 Å². The van der Waals surface area contributed by atoms with Crippen LogP contribution in [-0.4, -0.2) is 16.9 Å². The maximum atomic E-state index is 12.2. The van der Waals surface area contributed by atoms with E-state index in [0.717, 1.165) is 30.0 Å². The molecule has 1 aromatic rings. The van der Waals surface area contributed by atoms with Gasteiger partial charge >= 0.3 is 0 Å². The Hall–Kier alpha value is -0.360. The molecule has 1 aliphatic carbocycles. The molecule has 0 unspecified atom stereocenters. The SMILES string of the molecule is Cc1csc(C(C)(C)NC(=O)C[C@@H]2CCC[C@H]2N)n1.Cl.Cl. The predicted octanol–water partition coefficient (Wildman–Crippen LogP) is 3.16. The Kier molecular flexibility index (Phi) is 8.18. The van der Waals surface area contributed by atoms with Crippen molar-refractivity contribution in [2.75, 3.05) is 0 Å². The molecule has 0 spiro atoms. The van der Waals surface area contributed by atoms with E-state index >= 15 is 0 Å². The Labute approximate surface area is 143 Å². The number of amides is 1. The van der Waals surface area contributed by atoms with Crippen LogP contribution >= 0.6 is 36.2 Å². The third-order valence-electron chi connectivity index (χ3n) is 3.77. The van der Waals surface area contributed by atoms with E-state index in [4.69, 9.17) is 5.73 Å². The second kappa shape index (κ2) is 8.32. The molecule has 0 aliphatic heterocycles. The molecule has 1 heterocycles. The maximum absolute atomic E-state index is 12.2. The summed E-state index contributed by atoms with van der Waals surface area (Å²) in [5.74, 6) is 0.425. The number of carbonyl (C=O) groups is 1. The van der Waals surface area contributed by atoms with Crippen LogP contribution in [-0.2, 0) is 10.3 Å². The first-order valence-corrected chi connectivity index (χ1v) is 7.75. The minimum Gasteiger partial charge on any atom is -0.345 e. The molecule has 122 valence electrons. The van der Waals surface area contributed by atoms with Crippen LogP contribution < -0.4 is 11.1 Å². The molecule has 0 radical (unpaired) electrons. The second-order valence-electron chi connectivity index (χ2n) is 6.03. The Balaban J connectivity index is 0.00000200. The van der Waals surface area contributed by atoms with Crippen molar-refractivity contribution in [3.05, 3.63) is 16.1 Å². The van der Waals surface area contributed by atoms with E-state index in [2.05, 4.69) is 10.3 Å². The summed E-state index contributed by atoms with van der Waals surface area (Å²) in [5.41, 5.74) is 6.61. The van der Waals surface area contributed by atoms with Crippen LogP contribution in [0.2, 0.25) is 0 Å². The molecular weight excluding hydrogens is 329 g/mol. The number of halogens is 2. The quantitative estimate of drug-likeness (QED) is 0.873. The van der Waals surface area contributed by atoms with Gasteiger partial charge in [0.2, 0.25) is 5.91 Å². The summed E-state index contributed by atoms with van der Waals surface area (Å²) in [7, 11) is 0. The summed E-state index contributed by atoms with van der Waals surface area (Å²) in [6.45, 7) is 5.96. The second-order valence-corrected chi connectivity index (χ2v) is 6.88. The van der Waals surface area contributed by atoms with Crippen LogP contribution in [0.25, 0.3) is 0 Å². The molecule has 2 atom stereocenters. The molecule has 3 N–H and O–H groups in total. The molecule has 2 rings (SSSR count). The highest BCUT2D eigenvalue weighted by molar-refractivity contribution is 7.09. The van der Waals surface area contributed by atoms with Crippen LogP contribution in [0.4, 0.5) is 0 Å².